The lowest BCUT2D eigenvalue weighted by Gasteiger charge is -2.01. The molecule has 0 bridgehead atoms. The Labute approximate surface area is 112 Å². The number of hydrogen-bond acceptors (Lipinski definition) is 4. The zero-order chi connectivity index (χ0) is 13.7. The minimum absolute atomic E-state index is 0.0503. The van der Waals surface area contributed by atoms with Crippen molar-refractivity contribution in [1.82, 2.24) is 14.8 Å². The summed E-state index contributed by atoms with van der Waals surface area (Å²) in [6.45, 7) is 2.91. The zero-order valence-corrected chi connectivity index (χ0v) is 11.2. The van der Waals surface area contributed by atoms with Gasteiger partial charge in [0.2, 0.25) is 5.88 Å². The highest BCUT2D eigenvalue weighted by Crippen LogP contribution is 2.10. The van der Waals surface area contributed by atoms with Crippen molar-refractivity contribution < 1.29 is 9.53 Å². The summed E-state index contributed by atoms with van der Waals surface area (Å²) in [5.74, 6) is 0.598. The number of Topliss-reactive ketones (excluding diaryl/α,β-unsaturated/α-hetero) is 1. The smallest absolute Gasteiger partial charge is 0.212 e. The van der Waals surface area contributed by atoms with Crippen molar-refractivity contribution in [1.29, 1.82) is 0 Å². The van der Waals surface area contributed by atoms with Crippen LogP contribution in [0.2, 0.25) is 0 Å². The summed E-state index contributed by atoms with van der Waals surface area (Å²) in [7, 11) is 1.56. The molecule has 2 aromatic heterocycles. The third-order valence-corrected chi connectivity index (χ3v) is 2.78. The Morgan fingerprint density at radius 3 is 2.84 bits per heavy atom. The Kier molecular flexibility index (Phi) is 4.28. The number of methoxy groups -OCH3 is 1. The van der Waals surface area contributed by atoms with E-state index in [2.05, 4.69) is 17.0 Å². The minimum atomic E-state index is 0.0503. The SMILES string of the molecule is CCCn1cc(C(=O)Cc2ccc(OC)nc2)cn1. The van der Waals surface area contributed by atoms with E-state index < -0.39 is 0 Å². The van der Waals surface area contributed by atoms with E-state index in [9.17, 15) is 4.79 Å². The van der Waals surface area contributed by atoms with Crippen LogP contribution in [0.3, 0.4) is 0 Å². The van der Waals surface area contributed by atoms with Gasteiger partial charge in [-0.3, -0.25) is 9.48 Å². The standard InChI is InChI=1S/C14H17N3O2/c1-3-6-17-10-12(9-16-17)13(18)7-11-4-5-14(19-2)15-8-11/h4-5,8-10H,3,6-7H2,1-2H3. The van der Waals surface area contributed by atoms with Crippen molar-refractivity contribution in [2.24, 2.45) is 0 Å². The first-order valence-corrected chi connectivity index (χ1v) is 6.27. The molecule has 5 nitrogen and oxygen atoms in total. The third kappa shape index (κ3) is 3.40. The molecule has 0 radical (unpaired) electrons. The van der Waals surface area contributed by atoms with Gasteiger partial charge in [0.15, 0.2) is 5.78 Å². The molecule has 2 heterocycles. The normalized spacial score (nSPS) is 10.4. The van der Waals surface area contributed by atoms with E-state index in [-0.39, 0.29) is 5.78 Å². The molecule has 5 heteroatoms. The van der Waals surface area contributed by atoms with E-state index in [1.54, 1.807) is 36.4 Å². The van der Waals surface area contributed by atoms with E-state index in [0.717, 1.165) is 18.5 Å². The summed E-state index contributed by atoms with van der Waals surface area (Å²) < 4.78 is 6.77. The van der Waals surface area contributed by atoms with Crippen LogP contribution in [-0.4, -0.2) is 27.7 Å². The number of aromatic nitrogens is 3. The third-order valence-electron chi connectivity index (χ3n) is 2.78. The molecule has 2 aromatic rings. The minimum Gasteiger partial charge on any atom is -0.481 e. The number of nitrogens with zero attached hydrogens (tertiary/aromatic N) is 3. The lowest BCUT2D eigenvalue weighted by atomic mass is 10.1. The molecular formula is C14H17N3O2. The molecule has 100 valence electrons. The second-order valence-corrected chi connectivity index (χ2v) is 4.30. The van der Waals surface area contributed by atoms with Gasteiger partial charge in [-0.15, -0.1) is 0 Å². The first-order valence-electron chi connectivity index (χ1n) is 6.27. The van der Waals surface area contributed by atoms with E-state index in [1.807, 2.05) is 6.07 Å². The Bertz CT molecular complexity index is 546. The fourth-order valence-corrected chi connectivity index (χ4v) is 1.78. The monoisotopic (exact) mass is 259 g/mol. The van der Waals surface area contributed by atoms with E-state index >= 15 is 0 Å². The lowest BCUT2D eigenvalue weighted by molar-refractivity contribution is 0.0992. The fraction of sp³-hybridized carbons (Fsp3) is 0.357. The summed E-state index contributed by atoms with van der Waals surface area (Å²) >= 11 is 0. The van der Waals surface area contributed by atoms with Crippen molar-refractivity contribution in [2.45, 2.75) is 26.3 Å². The number of carbonyl (C=O) groups is 1. The Hall–Kier alpha value is -2.17. The Balaban J connectivity index is 2.02. The van der Waals surface area contributed by atoms with Gasteiger partial charge in [-0.05, 0) is 12.0 Å². The van der Waals surface area contributed by atoms with Crippen LogP contribution in [0.25, 0.3) is 0 Å². The molecule has 0 aliphatic rings. The van der Waals surface area contributed by atoms with Crippen molar-refractivity contribution in [3.05, 3.63) is 41.9 Å². The highest BCUT2D eigenvalue weighted by molar-refractivity contribution is 5.97. The van der Waals surface area contributed by atoms with Crippen LogP contribution in [0.5, 0.6) is 5.88 Å². The van der Waals surface area contributed by atoms with Crippen LogP contribution < -0.4 is 4.74 Å². The molecule has 0 fully saturated rings. The van der Waals surface area contributed by atoms with Crippen molar-refractivity contribution in [2.75, 3.05) is 7.11 Å². The molecule has 0 amide bonds. The maximum absolute atomic E-state index is 12.1. The quantitative estimate of drug-likeness (QED) is 0.746. The molecule has 0 aliphatic carbocycles. The number of ketones is 1. The predicted octanol–water partition coefficient (Wildman–Crippen LogP) is 2.12. The fourth-order valence-electron chi connectivity index (χ4n) is 1.78. The topological polar surface area (TPSA) is 57.0 Å². The van der Waals surface area contributed by atoms with Gasteiger partial charge in [0.1, 0.15) is 0 Å². The molecule has 19 heavy (non-hydrogen) atoms. The molecule has 2 rings (SSSR count). The average Bonchev–Trinajstić information content (AvgIpc) is 2.89. The Morgan fingerprint density at radius 2 is 2.21 bits per heavy atom. The van der Waals surface area contributed by atoms with Gasteiger partial charge in [0, 0.05) is 31.4 Å². The summed E-state index contributed by atoms with van der Waals surface area (Å²) in [5, 5.41) is 4.16. The molecule has 0 aromatic carbocycles. The highest BCUT2D eigenvalue weighted by Gasteiger charge is 2.10. The number of ether oxygens (including phenoxy) is 1. The van der Waals surface area contributed by atoms with Gasteiger partial charge in [-0.2, -0.15) is 5.10 Å². The van der Waals surface area contributed by atoms with Gasteiger partial charge >= 0.3 is 0 Å². The van der Waals surface area contributed by atoms with Crippen LogP contribution in [0.4, 0.5) is 0 Å². The number of carbonyl (C=O) groups excluding carboxylic acids is 1. The van der Waals surface area contributed by atoms with Crippen LogP contribution in [-0.2, 0) is 13.0 Å². The molecule has 0 N–H and O–H groups in total. The number of rotatable bonds is 6. The Morgan fingerprint density at radius 1 is 1.37 bits per heavy atom. The molecule has 0 atom stereocenters. The summed E-state index contributed by atoms with van der Waals surface area (Å²) in [4.78, 5) is 16.2. The van der Waals surface area contributed by atoms with Crippen LogP contribution in [0.1, 0.15) is 29.3 Å². The second kappa shape index (κ2) is 6.13. The van der Waals surface area contributed by atoms with E-state index in [1.165, 1.54) is 0 Å². The molecule has 0 unspecified atom stereocenters. The number of aryl methyl sites for hydroxylation is 1. The number of pyridine rings is 1. The van der Waals surface area contributed by atoms with Crippen molar-refractivity contribution in [3.63, 3.8) is 0 Å². The van der Waals surface area contributed by atoms with Crippen molar-refractivity contribution >= 4 is 5.78 Å². The van der Waals surface area contributed by atoms with Crippen LogP contribution in [0, 0.1) is 0 Å². The first-order chi connectivity index (χ1) is 9.22. The summed E-state index contributed by atoms with van der Waals surface area (Å²) in [6.07, 6.45) is 6.40. The van der Waals surface area contributed by atoms with Crippen molar-refractivity contribution in [3.8, 4) is 5.88 Å². The van der Waals surface area contributed by atoms with E-state index in [0.29, 0.717) is 17.9 Å². The molecular weight excluding hydrogens is 242 g/mol. The molecule has 0 spiro atoms. The van der Waals surface area contributed by atoms with Crippen LogP contribution in [0.15, 0.2) is 30.7 Å². The zero-order valence-electron chi connectivity index (χ0n) is 11.2. The summed E-state index contributed by atoms with van der Waals surface area (Å²) in [6, 6.07) is 3.60. The highest BCUT2D eigenvalue weighted by atomic mass is 16.5. The van der Waals surface area contributed by atoms with Crippen LogP contribution >= 0.6 is 0 Å². The molecule has 0 aliphatic heterocycles. The largest absolute Gasteiger partial charge is 0.481 e. The predicted molar refractivity (Wildman–Crippen MR) is 71.3 cm³/mol. The van der Waals surface area contributed by atoms with Gasteiger partial charge in [0.25, 0.3) is 0 Å². The summed E-state index contributed by atoms with van der Waals surface area (Å²) in [5.41, 5.74) is 1.51. The second-order valence-electron chi connectivity index (χ2n) is 4.30. The van der Waals surface area contributed by atoms with Gasteiger partial charge in [-0.25, -0.2) is 4.98 Å². The average molecular weight is 259 g/mol. The maximum Gasteiger partial charge on any atom is 0.212 e. The van der Waals surface area contributed by atoms with E-state index in [4.69, 9.17) is 4.74 Å². The first kappa shape index (κ1) is 13.3. The number of hydrogen-bond donors (Lipinski definition) is 0. The van der Waals surface area contributed by atoms with Gasteiger partial charge in [0.05, 0.1) is 18.9 Å². The van der Waals surface area contributed by atoms with Gasteiger partial charge < -0.3 is 4.74 Å². The maximum atomic E-state index is 12.1. The lowest BCUT2D eigenvalue weighted by Crippen LogP contribution is -2.03. The molecule has 0 saturated heterocycles. The van der Waals surface area contributed by atoms with Gasteiger partial charge in [-0.1, -0.05) is 13.0 Å². The molecule has 0 saturated carbocycles.